The Hall–Kier alpha value is -1.42. The molecule has 0 aliphatic heterocycles. The second-order valence-corrected chi connectivity index (χ2v) is 4.21. The molecule has 0 radical (unpaired) electrons. The first kappa shape index (κ1) is 12.6. The summed E-state index contributed by atoms with van der Waals surface area (Å²) in [5.74, 6) is -0.0476. The number of aromatic nitrogens is 1. The molecule has 4 nitrogen and oxygen atoms in total. The van der Waals surface area contributed by atoms with Crippen molar-refractivity contribution in [1.29, 1.82) is 0 Å². The lowest BCUT2D eigenvalue weighted by atomic mass is 9.86. The average Bonchev–Trinajstić information content (AvgIpc) is 2.31. The van der Waals surface area contributed by atoms with E-state index >= 15 is 0 Å². The molecule has 88 valence electrons. The fourth-order valence-corrected chi connectivity index (χ4v) is 1.29. The Morgan fingerprint density at radius 1 is 1.62 bits per heavy atom. The molecule has 0 spiro atoms. The molecule has 1 aromatic heterocycles. The van der Waals surface area contributed by atoms with Crippen molar-refractivity contribution in [1.82, 2.24) is 4.98 Å². The smallest absolute Gasteiger partial charge is 0.231 e. The summed E-state index contributed by atoms with van der Waals surface area (Å²) in [6.45, 7) is 6.03. The normalized spacial score (nSPS) is 14.2. The van der Waals surface area contributed by atoms with E-state index in [1.165, 1.54) is 0 Å². The minimum Gasteiger partial charge on any atom is -0.329 e. The van der Waals surface area contributed by atoms with Gasteiger partial charge in [0.1, 0.15) is 0 Å². The van der Waals surface area contributed by atoms with Crippen molar-refractivity contribution in [3.63, 3.8) is 0 Å². The van der Waals surface area contributed by atoms with Crippen LogP contribution in [0.1, 0.15) is 26.0 Å². The molecule has 0 saturated carbocycles. The Morgan fingerprint density at radius 3 is 2.81 bits per heavy atom. The second-order valence-electron chi connectivity index (χ2n) is 4.21. The summed E-state index contributed by atoms with van der Waals surface area (Å²) in [6.07, 6.45) is 2.42. The van der Waals surface area contributed by atoms with Gasteiger partial charge in [-0.3, -0.25) is 9.78 Å². The molecule has 1 aromatic rings. The van der Waals surface area contributed by atoms with E-state index < -0.39 is 5.41 Å². The number of aryl methyl sites for hydroxylation is 1. The number of hydrogen-bond donors (Lipinski definition) is 2. The zero-order chi connectivity index (χ0) is 12.2. The summed E-state index contributed by atoms with van der Waals surface area (Å²) in [7, 11) is 0. The van der Waals surface area contributed by atoms with Crippen LogP contribution in [0.2, 0.25) is 0 Å². The minimum absolute atomic E-state index is 0.0476. The zero-order valence-electron chi connectivity index (χ0n) is 10.1. The maximum Gasteiger partial charge on any atom is 0.231 e. The summed E-state index contributed by atoms with van der Waals surface area (Å²) in [5, 5.41) is 2.87. The van der Waals surface area contributed by atoms with Crippen LogP contribution < -0.4 is 11.1 Å². The number of amides is 1. The molecule has 0 aliphatic rings. The third-order valence-corrected chi connectivity index (χ3v) is 3.03. The predicted molar refractivity (Wildman–Crippen MR) is 65.1 cm³/mol. The number of pyridine rings is 1. The highest BCUT2D eigenvalue weighted by molar-refractivity contribution is 5.95. The molecule has 0 saturated heterocycles. The van der Waals surface area contributed by atoms with Crippen LogP contribution in [-0.4, -0.2) is 17.4 Å². The van der Waals surface area contributed by atoms with E-state index in [4.69, 9.17) is 5.73 Å². The van der Waals surface area contributed by atoms with Crippen molar-refractivity contribution in [3.05, 3.63) is 24.0 Å². The molecule has 0 fully saturated rings. The highest BCUT2D eigenvalue weighted by atomic mass is 16.2. The Bertz CT molecular complexity index is 372. The van der Waals surface area contributed by atoms with E-state index in [0.717, 1.165) is 11.4 Å². The van der Waals surface area contributed by atoms with Gasteiger partial charge in [0.05, 0.1) is 16.8 Å². The topological polar surface area (TPSA) is 68.0 Å². The van der Waals surface area contributed by atoms with Gasteiger partial charge in [-0.25, -0.2) is 0 Å². The lowest BCUT2D eigenvalue weighted by Crippen LogP contribution is -2.39. The van der Waals surface area contributed by atoms with E-state index in [2.05, 4.69) is 10.3 Å². The third kappa shape index (κ3) is 2.58. The number of anilines is 1. The van der Waals surface area contributed by atoms with Crippen LogP contribution in [0.3, 0.4) is 0 Å². The Morgan fingerprint density at radius 2 is 2.31 bits per heavy atom. The van der Waals surface area contributed by atoms with Crippen LogP contribution in [0.25, 0.3) is 0 Å². The minimum atomic E-state index is -0.512. The molecule has 1 atom stereocenters. The molecule has 1 heterocycles. The maximum absolute atomic E-state index is 12.0. The van der Waals surface area contributed by atoms with Gasteiger partial charge in [0.15, 0.2) is 0 Å². The van der Waals surface area contributed by atoms with Crippen molar-refractivity contribution >= 4 is 11.6 Å². The van der Waals surface area contributed by atoms with Gasteiger partial charge in [0.2, 0.25) is 5.91 Å². The van der Waals surface area contributed by atoms with Crippen molar-refractivity contribution < 1.29 is 4.79 Å². The Labute approximate surface area is 96.3 Å². The quantitative estimate of drug-likeness (QED) is 0.813. The molecular weight excluding hydrogens is 202 g/mol. The van der Waals surface area contributed by atoms with Gasteiger partial charge in [-0.2, -0.15) is 0 Å². The second kappa shape index (κ2) is 5.07. The summed E-state index contributed by atoms with van der Waals surface area (Å²) in [5.41, 5.74) is 6.68. The van der Waals surface area contributed by atoms with Crippen LogP contribution >= 0.6 is 0 Å². The molecule has 3 N–H and O–H groups in total. The van der Waals surface area contributed by atoms with Crippen molar-refractivity contribution in [2.24, 2.45) is 11.1 Å². The largest absolute Gasteiger partial charge is 0.329 e. The fourth-order valence-electron chi connectivity index (χ4n) is 1.29. The van der Waals surface area contributed by atoms with Gasteiger partial charge >= 0.3 is 0 Å². The zero-order valence-corrected chi connectivity index (χ0v) is 10.1. The molecular formula is C12H19N3O. The Balaban J connectivity index is 2.83. The number of nitrogens with one attached hydrogen (secondary N) is 1. The van der Waals surface area contributed by atoms with Crippen LogP contribution in [0.5, 0.6) is 0 Å². The first-order valence-electron chi connectivity index (χ1n) is 5.46. The third-order valence-electron chi connectivity index (χ3n) is 3.03. The molecule has 0 aromatic carbocycles. The summed E-state index contributed by atoms with van der Waals surface area (Å²) < 4.78 is 0. The van der Waals surface area contributed by atoms with E-state index in [1.807, 2.05) is 26.8 Å². The van der Waals surface area contributed by atoms with E-state index in [0.29, 0.717) is 13.0 Å². The molecule has 1 amide bonds. The Kier molecular flexibility index (Phi) is 4.01. The van der Waals surface area contributed by atoms with E-state index in [-0.39, 0.29) is 5.91 Å². The van der Waals surface area contributed by atoms with E-state index in [9.17, 15) is 4.79 Å². The van der Waals surface area contributed by atoms with Gasteiger partial charge < -0.3 is 11.1 Å². The van der Waals surface area contributed by atoms with Crippen molar-refractivity contribution in [3.8, 4) is 0 Å². The number of carbonyl (C=O) groups excluding carboxylic acids is 1. The predicted octanol–water partition coefficient (Wildman–Crippen LogP) is 1.70. The highest BCUT2D eigenvalue weighted by Gasteiger charge is 2.29. The van der Waals surface area contributed by atoms with Crippen molar-refractivity contribution in [2.45, 2.75) is 27.2 Å². The molecule has 1 unspecified atom stereocenters. The van der Waals surface area contributed by atoms with Crippen LogP contribution in [0.4, 0.5) is 5.69 Å². The first-order valence-corrected chi connectivity index (χ1v) is 5.46. The summed E-state index contributed by atoms with van der Waals surface area (Å²) in [6, 6.07) is 3.64. The number of carbonyl (C=O) groups is 1. The van der Waals surface area contributed by atoms with E-state index in [1.54, 1.807) is 12.3 Å². The van der Waals surface area contributed by atoms with Gasteiger partial charge in [0, 0.05) is 12.7 Å². The molecule has 4 heteroatoms. The molecule has 0 aliphatic carbocycles. The maximum atomic E-state index is 12.0. The van der Waals surface area contributed by atoms with Gasteiger partial charge in [0.25, 0.3) is 0 Å². The monoisotopic (exact) mass is 221 g/mol. The van der Waals surface area contributed by atoms with Crippen molar-refractivity contribution in [2.75, 3.05) is 11.9 Å². The standard InChI is InChI=1S/C12H19N3O/c1-4-12(3,8-13)11(16)15-10-6-5-7-14-9(10)2/h5-7H,4,8,13H2,1-3H3,(H,15,16). The number of nitrogens with two attached hydrogens (primary N) is 1. The van der Waals surface area contributed by atoms with Crippen LogP contribution in [-0.2, 0) is 4.79 Å². The van der Waals surface area contributed by atoms with Crippen LogP contribution in [0, 0.1) is 12.3 Å². The lowest BCUT2D eigenvalue weighted by Gasteiger charge is -2.25. The average molecular weight is 221 g/mol. The van der Waals surface area contributed by atoms with Gasteiger partial charge in [-0.1, -0.05) is 6.92 Å². The van der Waals surface area contributed by atoms with Gasteiger partial charge in [-0.05, 0) is 32.4 Å². The fraction of sp³-hybridized carbons (Fsp3) is 0.500. The summed E-state index contributed by atoms with van der Waals surface area (Å²) >= 11 is 0. The first-order chi connectivity index (χ1) is 7.53. The van der Waals surface area contributed by atoms with Gasteiger partial charge in [-0.15, -0.1) is 0 Å². The highest BCUT2D eigenvalue weighted by Crippen LogP contribution is 2.22. The molecule has 1 rings (SSSR count). The lowest BCUT2D eigenvalue weighted by molar-refractivity contribution is -0.124. The number of rotatable bonds is 4. The van der Waals surface area contributed by atoms with Crippen LogP contribution in [0.15, 0.2) is 18.3 Å². The number of nitrogens with zero attached hydrogens (tertiary/aromatic N) is 1. The molecule has 16 heavy (non-hydrogen) atoms. The SMILES string of the molecule is CCC(C)(CN)C(=O)Nc1cccnc1C. The summed E-state index contributed by atoms with van der Waals surface area (Å²) in [4.78, 5) is 16.1. The molecule has 0 bridgehead atoms. The number of hydrogen-bond acceptors (Lipinski definition) is 3.